The standard InChI is InChI=1S/C24H21F2NO5/c1-31-21-10-9-19(25)24(26)23(21)16-5-7-18(8-6-16)32-14-15-3-2-4-17(11-15)20(28)12-27-13-22(29)30/h2-11,27H,12-14H2,1H3,(H,29,30). The molecule has 0 radical (unpaired) electrons. The predicted octanol–water partition coefficient (Wildman–Crippen LogP) is 4.08. The van der Waals surface area contributed by atoms with E-state index in [9.17, 15) is 18.4 Å². The molecular formula is C24H21F2NO5. The molecular weight excluding hydrogens is 420 g/mol. The molecule has 0 saturated carbocycles. The Kier molecular flexibility index (Phi) is 7.51. The molecule has 166 valence electrons. The fourth-order valence-electron chi connectivity index (χ4n) is 3.08. The van der Waals surface area contributed by atoms with Crippen molar-refractivity contribution in [3.63, 3.8) is 0 Å². The second-order valence-corrected chi connectivity index (χ2v) is 6.87. The number of hydrogen-bond acceptors (Lipinski definition) is 5. The minimum absolute atomic E-state index is 0.0294. The lowest BCUT2D eigenvalue weighted by Crippen LogP contribution is -2.28. The third kappa shape index (κ3) is 5.67. The van der Waals surface area contributed by atoms with E-state index in [0.29, 0.717) is 16.9 Å². The Balaban J connectivity index is 1.66. The molecule has 3 rings (SSSR count). The number of aliphatic carboxylic acids is 1. The molecule has 0 heterocycles. The molecule has 2 N–H and O–H groups in total. The first-order valence-electron chi connectivity index (χ1n) is 9.69. The van der Waals surface area contributed by atoms with Crippen LogP contribution >= 0.6 is 0 Å². The summed E-state index contributed by atoms with van der Waals surface area (Å²) in [6, 6.07) is 15.7. The molecule has 32 heavy (non-hydrogen) atoms. The van der Waals surface area contributed by atoms with Gasteiger partial charge in [0.2, 0.25) is 0 Å². The van der Waals surface area contributed by atoms with Crippen LogP contribution in [0, 0.1) is 11.6 Å². The summed E-state index contributed by atoms with van der Waals surface area (Å²) in [5, 5.41) is 11.2. The Morgan fingerprint density at radius 2 is 1.75 bits per heavy atom. The lowest BCUT2D eigenvalue weighted by Gasteiger charge is -2.12. The number of halogens is 2. The van der Waals surface area contributed by atoms with Crippen LogP contribution in [0.3, 0.4) is 0 Å². The minimum atomic E-state index is -1.04. The van der Waals surface area contributed by atoms with E-state index in [1.54, 1.807) is 48.5 Å². The molecule has 0 aliphatic carbocycles. The van der Waals surface area contributed by atoms with E-state index in [2.05, 4.69) is 5.32 Å². The van der Waals surface area contributed by atoms with E-state index in [1.807, 2.05) is 0 Å². The van der Waals surface area contributed by atoms with E-state index < -0.39 is 17.6 Å². The van der Waals surface area contributed by atoms with Crippen molar-refractivity contribution in [3.05, 3.63) is 83.4 Å². The van der Waals surface area contributed by atoms with Crippen LogP contribution in [-0.4, -0.2) is 37.1 Å². The number of carbonyl (C=O) groups excluding carboxylic acids is 1. The van der Waals surface area contributed by atoms with Gasteiger partial charge in [0.25, 0.3) is 0 Å². The van der Waals surface area contributed by atoms with Crippen LogP contribution in [0.2, 0.25) is 0 Å². The number of hydrogen-bond donors (Lipinski definition) is 2. The zero-order valence-electron chi connectivity index (χ0n) is 17.2. The molecule has 0 aromatic heterocycles. The number of ether oxygens (including phenoxy) is 2. The highest BCUT2D eigenvalue weighted by molar-refractivity contribution is 5.97. The van der Waals surface area contributed by atoms with Gasteiger partial charge in [-0.25, -0.2) is 8.78 Å². The van der Waals surface area contributed by atoms with Crippen molar-refractivity contribution >= 4 is 11.8 Å². The molecule has 0 amide bonds. The van der Waals surface area contributed by atoms with Gasteiger partial charge in [0.05, 0.1) is 25.8 Å². The Labute approximate surface area is 183 Å². The van der Waals surface area contributed by atoms with Gasteiger partial charge in [0.15, 0.2) is 17.4 Å². The maximum atomic E-state index is 14.3. The fraction of sp³-hybridized carbons (Fsp3) is 0.167. The molecule has 0 saturated heterocycles. The van der Waals surface area contributed by atoms with Crippen LogP contribution in [0.1, 0.15) is 15.9 Å². The van der Waals surface area contributed by atoms with E-state index in [0.717, 1.165) is 11.6 Å². The maximum Gasteiger partial charge on any atom is 0.317 e. The molecule has 0 fully saturated rings. The van der Waals surface area contributed by atoms with E-state index in [-0.39, 0.29) is 36.8 Å². The van der Waals surface area contributed by atoms with Crippen molar-refractivity contribution in [2.24, 2.45) is 0 Å². The number of Topliss-reactive ketones (excluding diaryl/α,β-unsaturated/α-hetero) is 1. The summed E-state index contributed by atoms with van der Waals surface area (Å²) in [5.41, 5.74) is 1.65. The average molecular weight is 441 g/mol. The largest absolute Gasteiger partial charge is 0.496 e. The normalized spacial score (nSPS) is 10.6. The number of benzene rings is 3. The number of methoxy groups -OCH3 is 1. The Bertz CT molecular complexity index is 1120. The van der Waals surface area contributed by atoms with Crippen molar-refractivity contribution in [3.8, 4) is 22.6 Å². The fourth-order valence-corrected chi connectivity index (χ4v) is 3.08. The third-order valence-corrected chi connectivity index (χ3v) is 4.64. The zero-order chi connectivity index (χ0) is 23.1. The Hall–Kier alpha value is -3.78. The van der Waals surface area contributed by atoms with Crippen molar-refractivity contribution in [1.82, 2.24) is 5.32 Å². The Morgan fingerprint density at radius 3 is 2.44 bits per heavy atom. The van der Waals surface area contributed by atoms with Crippen LogP contribution in [0.4, 0.5) is 8.78 Å². The SMILES string of the molecule is COc1ccc(F)c(F)c1-c1ccc(OCc2cccc(C(=O)CNCC(=O)O)c2)cc1. The van der Waals surface area contributed by atoms with E-state index >= 15 is 0 Å². The van der Waals surface area contributed by atoms with Crippen LogP contribution < -0.4 is 14.8 Å². The van der Waals surface area contributed by atoms with Crippen molar-refractivity contribution in [2.75, 3.05) is 20.2 Å². The smallest absolute Gasteiger partial charge is 0.317 e. The molecule has 0 aliphatic rings. The number of carboxylic acid groups (broad SMARTS) is 1. The summed E-state index contributed by atoms with van der Waals surface area (Å²) in [7, 11) is 1.38. The highest BCUT2D eigenvalue weighted by atomic mass is 19.2. The molecule has 0 spiro atoms. The summed E-state index contributed by atoms with van der Waals surface area (Å²) in [4.78, 5) is 22.7. The zero-order valence-corrected chi connectivity index (χ0v) is 17.2. The molecule has 0 aliphatic heterocycles. The van der Waals surface area contributed by atoms with Gasteiger partial charge in [0, 0.05) is 5.56 Å². The third-order valence-electron chi connectivity index (χ3n) is 4.64. The second-order valence-electron chi connectivity index (χ2n) is 6.87. The second kappa shape index (κ2) is 10.5. The van der Waals surface area contributed by atoms with Crippen molar-refractivity contribution in [2.45, 2.75) is 6.61 Å². The minimum Gasteiger partial charge on any atom is -0.496 e. The lowest BCUT2D eigenvalue weighted by atomic mass is 10.0. The van der Waals surface area contributed by atoms with Crippen molar-refractivity contribution in [1.29, 1.82) is 0 Å². The van der Waals surface area contributed by atoms with E-state index in [1.165, 1.54) is 13.2 Å². The van der Waals surface area contributed by atoms with Gasteiger partial charge >= 0.3 is 5.97 Å². The van der Waals surface area contributed by atoms with Gasteiger partial charge in [-0.05, 0) is 41.5 Å². The molecule has 6 nitrogen and oxygen atoms in total. The lowest BCUT2D eigenvalue weighted by molar-refractivity contribution is -0.135. The number of carboxylic acids is 1. The number of ketones is 1. The highest BCUT2D eigenvalue weighted by Crippen LogP contribution is 2.34. The number of nitrogens with one attached hydrogen (secondary N) is 1. The molecule has 8 heteroatoms. The van der Waals surface area contributed by atoms with Crippen molar-refractivity contribution < 1.29 is 33.0 Å². The first-order valence-corrected chi connectivity index (χ1v) is 9.69. The Morgan fingerprint density at radius 1 is 1.00 bits per heavy atom. The quantitative estimate of drug-likeness (QED) is 0.462. The molecule has 0 atom stereocenters. The first kappa shape index (κ1) is 22.9. The topological polar surface area (TPSA) is 84.9 Å². The van der Waals surface area contributed by atoms with Crippen LogP contribution in [-0.2, 0) is 11.4 Å². The number of carbonyl (C=O) groups is 2. The average Bonchev–Trinajstić information content (AvgIpc) is 2.79. The summed E-state index contributed by atoms with van der Waals surface area (Å²) < 4.78 is 38.8. The van der Waals surface area contributed by atoms with E-state index in [4.69, 9.17) is 14.6 Å². The van der Waals surface area contributed by atoms with Crippen LogP contribution in [0.15, 0.2) is 60.7 Å². The summed E-state index contributed by atoms with van der Waals surface area (Å²) in [5.74, 6) is -2.50. The van der Waals surface area contributed by atoms with Gasteiger partial charge in [-0.15, -0.1) is 0 Å². The molecule has 3 aromatic rings. The van der Waals surface area contributed by atoms with Gasteiger partial charge in [-0.3, -0.25) is 14.9 Å². The van der Waals surface area contributed by atoms with Gasteiger partial charge in [-0.2, -0.15) is 0 Å². The maximum absolute atomic E-state index is 14.3. The van der Waals surface area contributed by atoms with Crippen LogP contribution in [0.5, 0.6) is 11.5 Å². The molecule has 3 aromatic carbocycles. The molecule has 0 bridgehead atoms. The summed E-state index contributed by atoms with van der Waals surface area (Å²) in [6.07, 6.45) is 0. The summed E-state index contributed by atoms with van der Waals surface area (Å²) >= 11 is 0. The summed E-state index contributed by atoms with van der Waals surface area (Å²) in [6.45, 7) is -0.200. The monoisotopic (exact) mass is 441 g/mol. The highest BCUT2D eigenvalue weighted by Gasteiger charge is 2.16. The van der Waals surface area contributed by atoms with Gasteiger partial charge < -0.3 is 14.6 Å². The predicted molar refractivity (Wildman–Crippen MR) is 114 cm³/mol. The van der Waals surface area contributed by atoms with Gasteiger partial charge in [-0.1, -0.05) is 30.3 Å². The van der Waals surface area contributed by atoms with Gasteiger partial charge in [0.1, 0.15) is 18.1 Å². The molecule has 0 unspecified atom stereocenters. The number of rotatable bonds is 10. The first-order chi connectivity index (χ1) is 15.4. The van der Waals surface area contributed by atoms with Crippen LogP contribution in [0.25, 0.3) is 11.1 Å².